The molecule has 5 aliphatic rings. The molecule has 6 rings (SSSR count). The first-order valence-electron chi connectivity index (χ1n) is 9.19. The molecule has 1 aromatic rings. The van der Waals surface area contributed by atoms with E-state index in [4.69, 9.17) is 9.47 Å². The third-order valence-corrected chi connectivity index (χ3v) is 6.86. The van der Waals surface area contributed by atoms with Gasteiger partial charge < -0.3 is 9.47 Å². The summed E-state index contributed by atoms with van der Waals surface area (Å²) in [6, 6.07) is 2.69. The van der Waals surface area contributed by atoms with E-state index in [-0.39, 0.29) is 64.7 Å². The number of carbonyl (C=O) groups is 2. The fraction of sp³-hybridized carbons (Fsp3) is 0.421. The number of hydrogen-bond acceptors (Lipinski definition) is 7. The molecule has 0 radical (unpaired) electrons. The van der Waals surface area contributed by atoms with E-state index in [9.17, 15) is 19.7 Å². The van der Waals surface area contributed by atoms with Crippen LogP contribution in [0.4, 0.5) is 5.69 Å². The average Bonchev–Trinajstić information content (AvgIpc) is 2.97. The van der Waals surface area contributed by atoms with Crippen LogP contribution in [0.1, 0.15) is 18.4 Å². The van der Waals surface area contributed by atoms with Crippen molar-refractivity contribution in [3.8, 4) is 11.5 Å². The van der Waals surface area contributed by atoms with E-state index in [1.807, 2.05) is 0 Å². The van der Waals surface area contributed by atoms with E-state index < -0.39 is 4.92 Å². The molecule has 2 saturated carbocycles. The van der Waals surface area contributed by atoms with Gasteiger partial charge in [-0.25, -0.2) is 0 Å². The summed E-state index contributed by atoms with van der Waals surface area (Å²) in [5.41, 5.74) is 0.0321. The van der Waals surface area contributed by atoms with E-state index in [2.05, 4.69) is 17.3 Å². The number of allylic oxidation sites excluding steroid dienone is 2. The Balaban J connectivity index is 1.33. The summed E-state index contributed by atoms with van der Waals surface area (Å²) >= 11 is 0. The maximum atomic E-state index is 12.9. The van der Waals surface area contributed by atoms with Gasteiger partial charge in [0.1, 0.15) is 0 Å². The van der Waals surface area contributed by atoms with Crippen molar-refractivity contribution in [2.24, 2.45) is 34.2 Å². The van der Waals surface area contributed by atoms with Crippen molar-refractivity contribution < 1.29 is 24.0 Å². The zero-order valence-electron chi connectivity index (χ0n) is 14.6. The highest BCUT2D eigenvalue weighted by molar-refractivity contribution is 6.07. The molecule has 2 bridgehead atoms. The third-order valence-electron chi connectivity index (χ3n) is 6.86. The molecule has 9 nitrogen and oxygen atoms in total. The fourth-order valence-electron chi connectivity index (χ4n) is 5.50. The van der Waals surface area contributed by atoms with Gasteiger partial charge >= 0.3 is 0 Å². The molecular weight excluding hydrogens is 366 g/mol. The van der Waals surface area contributed by atoms with Crippen LogP contribution in [0.2, 0.25) is 0 Å². The molecule has 142 valence electrons. The van der Waals surface area contributed by atoms with Crippen molar-refractivity contribution in [2.45, 2.75) is 12.8 Å². The number of rotatable bonds is 3. The summed E-state index contributed by atoms with van der Waals surface area (Å²) in [5, 5.41) is 16.3. The molecule has 1 aromatic carbocycles. The third kappa shape index (κ3) is 1.78. The van der Waals surface area contributed by atoms with Gasteiger partial charge in [-0.3, -0.25) is 19.7 Å². The summed E-state index contributed by atoms with van der Waals surface area (Å²) in [6.07, 6.45) is 7.48. The van der Waals surface area contributed by atoms with Gasteiger partial charge in [0.15, 0.2) is 11.5 Å². The Morgan fingerprint density at radius 1 is 1.11 bits per heavy atom. The van der Waals surface area contributed by atoms with Gasteiger partial charge in [-0.2, -0.15) is 10.1 Å². The SMILES string of the molecule is O=C1[C@@H]2[C@H](C(=O)N1/N=C\c1cc3c(cc1[N+](=O)[O-])OCO3)[C@H]1C=C[C@@H]2C12CC2. The van der Waals surface area contributed by atoms with E-state index >= 15 is 0 Å². The van der Waals surface area contributed by atoms with Gasteiger partial charge in [-0.05, 0) is 36.2 Å². The molecule has 3 aliphatic carbocycles. The predicted molar refractivity (Wildman–Crippen MR) is 93.4 cm³/mol. The van der Waals surface area contributed by atoms with Crippen molar-refractivity contribution in [3.63, 3.8) is 0 Å². The molecule has 0 aromatic heterocycles. The molecule has 2 heterocycles. The molecular formula is C19H15N3O6. The number of hydrogen-bond donors (Lipinski definition) is 0. The second-order valence-electron chi connectivity index (χ2n) is 7.98. The Morgan fingerprint density at radius 2 is 1.71 bits per heavy atom. The maximum Gasteiger partial charge on any atom is 0.282 e. The number of fused-ring (bicyclic) bond motifs is 4. The van der Waals surface area contributed by atoms with Crippen molar-refractivity contribution in [2.75, 3.05) is 6.79 Å². The lowest BCUT2D eigenvalue weighted by molar-refractivity contribution is -0.385. The summed E-state index contributed by atoms with van der Waals surface area (Å²) in [7, 11) is 0. The van der Waals surface area contributed by atoms with Crippen molar-refractivity contribution in [1.29, 1.82) is 0 Å². The first-order valence-corrected chi connectivity index (χ1v) is 9.19. The standard InChI is InChI=1S/C19H15N3O6/c23-17-15-10-1-2-11(19(10)3-4-19)16(15)18(24)21(17)20-7-9-5-13-14(28-8-27-13)6-12(9)22(25)26/h1-2,5-7,10-11,15-16H,3-4,8H2/b20-7-/t10-,11+,15-,16+. The van der Waals surface area contributed by atoms with E-state index in [1.54, 1.807) is 0 Å². The van der Waals surface area contributed by atoms with Crippen LogP contribution in [0.5, 0.6) is 11.5 Å². The molecule has 0 unspecified atom stereocenters. The molecule has 9 heteroatoms. The summed E-state index contributed by atoms with van der Waals surface area (Å²) in [4.78, 5) is 36.6. The summed E-state index contributed by atoms with van der Waals surface area (Å²) < 4.78 is 10.4. The quantitative estimate of drug-likeness (QED) is 0.260. The highest BCUT2D eigenvalue weighted by Gasteiger charge is 2.73. The number of amides is 2. The van der Waals surface area contributed by atoms with Gasteiger partial charge in [0.05, 0.1) is 34.6 Å². The minimum Gasteiger partial charge on any atom is -0.454 e. The topological polar surface area (TPSA) is 111 Å². The van der Waals surface area contributed by atoms with Crippen molar-refractivity contribution in [3.05, 3.63) is 40.0 Å². The zero-order chi connectivity index (χ0) is 19.2. The number of nitrogens with zero attached hydrogens (tertiary/aromatic N) is 3. The number of hydrazone groups is 1. The highest BCUT2D eigenvalue weighted by atomic mass is 16.7. The molecule has 0 N–H and O–H groups in total. The minimum absolute atomic E-state index is 0.0168. The van der Waals surface area contributed by atoms with E-state index in [0.29, 0.717) is 5.75 Å². The van der Waals surface area contributed by atoms with Gasteiger partial charge in [-0.15, -0.1) is 0 Å². The number of carbonyl (C=O) groups excluding carboxylic acids is 2. The molecule has 1 spiro atoms. The van der Waals surface area contributed by atoms with Crippen LogP contribution >= 0.6 is 0 Å². The van der Waals surface area contributed by atoms with Crippen molar-refractivity contribution >= 4 is 23.7 Å². The van der Waals surface area contributed by atoms with Crippen LogP contribution in [-0.4, -0.2) is 34.8 Å². The average molecular weight is 381 g/mol. The fourth-order valence-corrected chi connectivity index (χ4v) is 5.50. The Labute approximate surface area is 158 Å². The number of imide groups is 1. The Bertz CT molecular complexity index is 993. The largest absolute Gasteiger partial charge is 0.454 e. The van der Waals surface area contributed by atoms with Crippen LogP contribution < -0.4 is 9.47 Å². The minimum atomic E-state index is -0.563. The first kappa shape index (κ1) is 15.8. The first-order chi connectivity index (χ1) is 13.5. The monoisotopic (exact) mass is 381 g/mol. The molecule has 28 heavy (non-hydrogen) atoms. The van der Waals surface area contributed by atoms with Gasteiger partial charge in [0, 0.05) is 0 Å². The maximum absolute atomic E-state index is 12.9. The summed E-state index contributed by atoms with van der Waals surface area (Å²) in [5.74, 6) is -0.457. The van der Waals surface area contributed by atoms with Crippen LogP contribution in [0.25, 0.3) is 0 Å². The second kappa shape index (κ2) is 4.98. The Hall–Kier alpha value is -3.23. The van der Waals surface area contributed by atoms with Crippen LogP contribution in [0, 0.1) is 39.2 Å². The normalized spacial score (nSPS) is 32.8. The molecule has 4 atom stereocenters. The van der Waals surface area contributed by atoms with Crippen LogP contribution in [-0.2, 0) is 9.59 Å². The Morgan fingerprint density at radius 3 is 2.29 bits per heavy atom. The van der Waals surface area contributed by atoms with Crippen molar-refractivity contribution in [1.82, 2.24) is 5.01 Å². The predicted octanol–water partition coefficient (Wildman–Crippen LogP) is 1.85. The number of nitro groups is 1. The lowest BCUT2D eigenvalue weighted by Gasteiger charge is -2.18. The number of nitro benzene ring substituents is 1. The molecule has 2 amide bonds. The van der Waals surface area contributed by atoms with Gasteiger partial charge in [0.25, 0.3) is 17.5 Å². The molecule has 3 fully saturated rings. The lowest BCUT2D eigenvalue weighted by atomic mass is 9.85. The molecule has 2 aliphatic heterocycles. The van der Waals surface area contributed by atoms with Gasteiger partial charge in [0.2, 0.25) is 6.79 Å². The van der Waals surface area contributed by atoms with Gasteiger partial charge in [-0.1, -0.05) is 12.2 Å². The Kier molecular flexibility index (Phi) is 2.81. The molecule has 1 saturated heterocycles. The smallest absolute Gasteiger partial charge is 0.282 e. The van der Waals surface area contributed by atoms with E-state index in [1.165, 1.54) is 18.3 Å². The number of benzene rings is 1. The summed E-state index contributed by atoms with van der Waals surface area (Å²) in [6.45, 7) is -0.0168. The van der Waals surface area contributed by atoms with E-state index in [0.717, 1.165) is 17.9 Å². The number of ether oxygens (including phenoxy) is 2. The zero-order valence-corrected chi connectivity index (χ0v) is 14.6. The van der Waals surface area contributed by atoms with Crippen LogP contribution in [0.15, 0.2) is 29.4 Å². The highest BCUT2D eigenvalue weighted by Crippen LogP contribution is 2.73. The second-order valence-corrected chi connectivity index (χ2v) is 7.98. The van der Waals surface area contributed by atoms with Crippen LogP contribution in [0.3, 0.4) is 0 Å². The lowest BCUT2D eigenvalue weighted by Crippen LogP contribution is -2.30.